The molecule has 7 nitrogen and oxygen atoms in total. The van der Waals surface area contributed by atoms with Crippen LogP contribution >= 0.6 is 0 Å². The van der Waals surface area contributed by atoms with Crippen molar-refractivity contribution in [2.75, 3.05) is 20.3 Å². The molecule has 0 aromatic heterocycles. The third kappa shape index (κ3) is 5.87. The zero-order chi connectivity index (χ0) is 24.8. The van der Waals surface area contributed by atoms with E-state index in [-0.39, 0.29) is 36.1 Å². The van der Waals surface area contributed by atoms with Gasteiger partial charge in [0.2, 0.25) is 0 Å². The monoisotopic (exact) mass is 471 g/mol. The Hall–Kier alpha value is -4.13. The van der Waals surface area contributed by atoms with Gasteiger partial charge in [0.05, 0.1) is 19.6 Å². The highest BCUT2D eigenvalue weighted by Crippen LogP contribution is 2.29. The Morgan fingerprint density at radius 1 is 0.943 bits per heavy atom. The lowest BCUT2D eigenvalue weighted by atomic mass is 10.0. The molecule has 1 fully saturated rings. The molecule has 0 saturated carbocycles. The van der Waals surface area contributed by atoms with Gasteiger partial charge in [-0.3, -0.25) is 15.0 Å². The maximum absolute atomic E-state index is 13.2. The number of benzene rings is 3. The van der Waals surface area contributed by atoms with E-state index in [1.165, 1.54) is 7.11 Å². The molecule has 3 aromatic rings. The third-order valence-corrected chi connectivity index (χ3v) is 6.29. The zero-order valence-corrected chi connectivity index (χ0v) is 19.6. The molecule has 0 aliphatic carbocycles. The number of likely N-dealkylation sites (tertiary alicyclic amines) is 1. The van der Waals surface area contributed by atoms with Crippen molar-refractivity contribution in [3.05, 3.63) is 90.0 Å². The molecule has 0 unspecified atom stereocenters. The van der Waals surface area contributed by atoms with E-state index in [4.69, 9.17) is 20.6 Å². The topological polar surface area (TPSA) is 106 Å². The molecule has 0 radical (unpaired) electrons. The highest BCUT2D eigenvalue weighted by atomic mass is 16.5. The lowest BCUT2D eigenvalue weighted by Crippen LogP contribution is -2.39. The number of amidine groups is 1. The van der Waals surface area contributed by atoms with Crippen LogP contribution in [0.15, 0.2) is 78.9 Å². The van der Waals surface area contributed by atoms with Crippen LogP contribution in [-0.2, 0) is 9.53 Å². The second-order valence-electron chi connectivity index (χ2n) is 8.69. The van der Waals surface area contributed by atoms with E-state index in [0.29, 0.717) is 36.4 Å². The van der Waals surface area contributed by atoms with Gasteiger partial charge in [-0.25, -0.2) is 0 Å². The summed E-state index contributed by atoms with van der Waals surface area (Å²) < 4.78 is 10.9. The van der Waals surface area contributed by atoms with Crippen molar-refractivity contribution in [1.29, 1.82) is 5.41 Å². The second-order valence-corrected chi connectivity index (χ2v) is 8.69. The summed E-state index contributed by atoms with van der Waals surface area (Å²) >= 11 is 0. The van der Waals surface area contributed by atoms with Crippen LogP contribution in [0.25, 0.3) is 11.1 Å². The van der Waals surface area contributed by atoms with Crippen molar-refractivity contribution in [2.45, 2.75) is 18.9 Å². The predicted octanol–water partition coefficient (Wildman–Crippen LogP) is 4.11. The molecule has 0 spiro atoms. The van der Waals surface area contributed by atoms with Crippen LogP contribution in [-0.4, -0.2) is 48.9 Å². The maximum atomic E-state index is 13.2. The van der Waals surface area contributed by atoms with Crippen molar-refractivity contribution in [3.63, 3.8) is 0 Å². The van der Waals surface area contributed by atoms with Crippen molar-refractivity contribution >= 4 is 17.7 Å². The normalized spacial score (nSPS) is 17.1. The van der Waals surface area contributed by atoms with Crippen LogP contribution in [0.1, 0.15) is 28.8 Å². The lowest BCUT2D eigenvalue weighted by molar-refractivity contribution is -0.141. The molecule has 0 bridgehead atoms. The van der Waals surface area contributed by atoms with E-state index in [0.717, 1.165) is 11.1 Å². The van der Waals surface area contributed by atoms with Crippen molar-refractivity contribution in [1.82, 2.24) is 4.90 Å². The number of carbonyl (C=O) groups is 2. The SMILES string of the molecule is COC(=O)C[C@@H]1C[C@@H](COc2ccc(-c3ccc(C(=N)N)cc3)cc2)N(C(=O)c2ccccc2)C1. The van der Waals surface area contributed by atoms with Crippen molar-refractivity contribution in [3.8, 4) is 16.9 Å². The van der Waals surface area contributed by atoms with Gasteiger partial charge in [-0.05, 0) is 47.7 Å². The van der Waals surface area contributed by atoms with Crippen molar-refractivity contribution in [2.24, 2.45) is 11.7 Å². The largest absolute Gasteiger partial charge is 0.491 e. The Bertz CT molecular complexity index is 1180. The molecule has 2 atom stereocenters. The molecule has 3 aromatic carbocycles. The number of nitrogens with one attached hydrogen (secondary N) is 1. The molecule has 1 aliphatic heterocycles. The van der Waals surface area contributed by atoms with Gasteiger partial charge in [0.1, 0.15) is 18.2 Å². The molecular formula is C28H29N3O4. The first-order chi connectivity index (χ1) is 16.9. The van der Waals surface area contributed by atoms with Crippen LogP contribution in [0.4, 0.5) is 0 Å². The minimum absolute atomic E-state index is 0.0315. The summed E-state index contributed by atoms with van der Waals surface area (Å²) in [4.78, 5) is 26.8. The first-order valence-electron chi connectivity index (χ1n) is 11.5. The van der Waals surface area contributed by atoms with E-state index < -0.39 is 0 Å². The van der Waals surface area contributed by atoms with E-state index >= 15 is 0 Å². The number of ether oxygens (including phenoxy) is 2. The van der Waals surface area contributed by atoms with E-state index in [1.54, 1.807) is 12.1 Å². The van der Waals surface area contributed by atoms with Gasteiger partial charge in [-0.15, -0.1) is 0 Å². The molecule has 35 heavy (non-hydrogen) atoms. The lowest BCUT2D eigenvalue weighted by Gasteiger charge is -2.25. The molecule has 180 valence electrons. The first-order valence-corrected chi connectivity index (χ1v) is 11.5. The van der Waals surface area contributed by atoms with Crippen molar-refractivity contribution < 1.29 is 19.1 Å². The Morgan fingerprint density at radius 3 is 2.17 bits per heavy atom. The highest BCUT2D eigenvalue weighted by molar-refractivity contribution is 5.95. The van der Waals surface area contributed by atoms with E-state index in [2.05, 4.69) is 0 Å². The molecule has 7 heteroatoms. The Balaban J connectivity index is 1.43. The van der Waals surface area contributed by atoms with Gasteiger partial charge in [0.25, 0.3) is 5.91 Å². The fraction of sp³-hybridized carbons (Fsp3) is 0.250. The maximum Gasteiger partial charge on any atom is 0.305 e. The van der Waals surface area contributed by atoms with E-state index in [1.807, 2.05) is 71.6 Å². The Kier molecular flexibility index (Phi) is 7.45. The molecule has 1 aliphatic rings. The summed E-state index contributed by atoms with van der Waals surface area (Å²) in [5.74, 6) is 0.453. The number of carbonyl (C=O) groups excluding carboxylic acids is 2. The fourth-order valence-corrected chi connectivity index (χ4v) is 4.41. The van der Waals surface area contributed by atoms with Crippen LogP contribution in [0.5, 0.6) is 5.75 Å². The highest BCUT2D eigenvalue weighted by Gasteiger charge is 2.37. The van der Waals surface area contributed by atoms with Crippen LogP contribution in [0, 0.1) is 11.3 Å². The van der Waals surface area contributed by atoms with Gasteiger partial charge < -0.3 is 20.1 Å². The molecule has 1 heterocycles. The van der Waals surface area contributed by atoms with Gasteiger partial charge in [-0.2, -0.15) is 0 Å². The average Bonchev–Trinajstić information content (AvgIpc) is 3.30. The van der Waals surface area contributed by atoms with Gasteiger partial charge in [-0.1, -0.05) is 54.6 Å². The summed E-state index contributed by atoms with van der Waals surface area (Å²) in [6.07, 6.45) is 0.955. The summed E-state index contributed by atoms with van der Waals surface area (Å²) in [5.41, 5.74) is 8.87. The number of rotatable bonds is 8. The Labute approximate surface area is 205 Å². The summed E-state index contributed by atoms with van der Waals surface area (Å²) in [5, 5.41) is 7.51. The predicted molar refractivity (Wildman–Crippen MR) is 134 cm³/mol. The number of amides is 1. The van der Waals surface area contributed by atoms with Gasteiger partial charge in [0, 0.05) is 17.7 Å². The Morgan fingerprint density at radius 2 is 1.57 bits per heavy atom. The molecule has 1 amide bonds. The smallest absolute Gasteiger partial charge is 0.305 e. The molecule has 4 rings (SSSR count). The van der Waals surface area contributed by atoms with Crippen LogP contribution in [0.2, 0.25) is 0 Å². The fourth-order valence-electron chi connectivity index (χ4n) is 4.41. The third-order valence-electron chi connectivity index (χ3n) is 6.29. The number of hydrogen-bond donors (Lipinski definition) is 2. The summed E-state index contributed by atoms with van der Waals surface area (Å²) in [7, 11) is 1.38. The quantitative estimate of drug-likeness (QED) is 0.292. The van der Waals surface area contributed by atoms with Gasteiger partial charge in [0.15, 0.2) is 0 Å². The number of nitrogens with two attached hydrogens (primary N) is 1. The zero-order valence-electron chi connectivity index (χ0n) is 19.6. The molecular weight excluding hydrogens is 442 g/mol. The number of methoxy groups -OCH3 is 1. The standard InChI is InChI=1S/C28H29N3O4/c1-34-26(32)16-19-15-24(31(17-19)28(33)23-5-3-2-4-6-23)18-35-25-13-11-21(12-14-25)20-7-9-22(10-8-20)27(29)30/h2-14,19,24H,15-18H2,1H3,(H3,29,30)/t19-,24-/m0/s1. The molecule has 3 N–H and O–H groups in total. The number of hydrogen-bond acceptors (Lipinski definition) is 5. The minimum Gasteiger partial charge on any atom is -0.491 e. The number of esters is 1. The first kappa shape index (κ1) is 24.0. The number of nitrogen functional groups attached to an aromatic ring is 1. The summed E-state index contributed by atoms with van der Waals surface area (Å²) in [6, 6.07) is 24.3. The number of nitrogens with zero attached hydrogens (tertiary/aromatic N) is 1. The average molecular weight is 472 g/mol. The van der Waals surface area contributed by atoms with Crippen LogP contribution in [0.3, 0.4) is 0 Å². The summed E-state index contributed by atoms with van der Waals surface area (Å²) in [6.45, 7) is 0.828. The van der Waals surface area contributed by atoms with E-state index in [9.17, 15) is 9.59 Å². The van der Waals surface area contributed by atoms with Crippen LogP contribution < -0.4 is 10.5 Å². The minimum atomic E-state index is -0.268. The molecule has 1 saturated heterocycles. The second kappa shape index (κ2) is 10.9. The van der Waals surface area contributed by atoms with Gasteiger partial charge >= 0.3 is 5.97 Å².